The van der Waals surface area contributed by atoms with Gasteiger partial charge in [-0.1, -0.05) is 12.2 Å². The number of nitrogens with one attached hydrogen (secondary N) is 1. The normalized spacial score (nSPS) is 24.1. The molecule has 1 aromatic rings. The number of anilines is 1. The summed E-state index contributed by atoms with van der Waals surface area (Å²) in [7, 11) is 0. The molecule has 1 atom stereocenters. The van der Waals surface area contributed by atoms with Crippen molar-refractivity contribution in [1.82, 2.24) is 5.32 Å². The molecule has 104 valence electrons. The average Bonchev–Trinajstić information content (AvgIpc) is 2.54. The van der Waals surface area contributed by atoms with Crippen molar-refractivity contribution in [3.8, 4) is 5.75 Å². The van der Waals surface area contributed by atoms with Crippen LogP contribution in [0.1, 0.15) is 12.0 Å². The average molecular weight is 270 g/mol. The minimum absolute atomic E-state index is 0.485. The summed E-state index contributed by atoms with van der Waals surface area (Å²) in [6.07, 6.45) is 7.46. The van der Waals surface area contributed by atoms with E-state index in [9.17, 15) is 0 Å². The molecule has 2 aliphatic heterocycles. The Morgan fingerprint density at radius 3 is 3.25 bits per heavy atom. The van der Waals surface area contributed by atoms with Gasteiger partial charge in [0, 0.05) is 30.3 Å². The molecule has 4 heteroatoms. The van der Waals surface area contributed by atoms with Gasteiger partial charge >= 0.3 is 0 Å². The Balaban J connectivity index is 1.56. The van der Waals surface area contributed by atoms with Crippen LogP contribution >= 0.6 is 0 Å². The van der Waals surface area contributed by atoms with Crippen LogP contribution in [0.4, 0.5) is 5.69 Å². The highest BCUT2D eigenvalue weighted by Crippen LogP contribution is 2.32. The standard InChI is InChI=1S/C16H18N2O2/c1-2-4-15-12(3-1)9-18(11-20-15)14-5-6-16-13(7-14)8-17-10-19-16/h1-2,4-7,12,17H,3,8-11H2. The maximum atomic E-state index is 5.88. The molecule has 1 saturated heterocycles. The molecule has 0 bridgehead atoms. The van der Waals surface area contributed by atoms with Crippen molar-refractivity contribution in [2.24, 2.45) is 5.92 Å². The number of ether oxygens (including phenoxy) is 2. The molecule has 1 unspecified atom stereocenters. The number of nitrogens with zero attached hydrogens (tertiary/aromatic N) is 1. The van der Waals surface area contributed by atoms with E-state index in [0.29, 0.717) is 19.4 Å². The van der Waals surface area contributed by atoms with E-state index in [-0.39, 0.29) is 0 Å². The van der Waals surface area contributed by atoms with Crippen molar-refractivity contribution in [1.29, 1.82) is 0 Å². The molecule has 4 nitrogen and oxygen atoms in total. The predicted molar refractivity (Wildman–Crippen MR) is 77.4 cm³/mol. The molecule has 3 aliphatic rings. The van der Waals surface area contributed by atoms with E-state index in [1.165, 1.54) is 11.3 Å². The van der Waals surface area contributed by atoms with E-state index in [4.69, 9.17) is 9.47 Å². The Morgan fingerprint density at radius 1 is 1.25 bits per heavy atom. The Morgan fingerprint density at radius 2 is 2.25 bits per heavy atom. The Labute approximate surface area is 118 Å². The fourth-order valence-corrected chi connectivity index (χ4v) is 3.00. The molecular formula is C16H18N2O2. The number of rotatable bonds is 1. The van der Waals surface area contributed by atoms with Crippen molar-refractivity contribution in [2.45, 2.75) is 13.0 Å². The molecule has 1 N–H and O–H groups in total. The summed E-state index contributed by atoms with van der Waals surface area (Å²) in [5.74, 6) is 2.61. The van der Waals surface area contributed by atoms with E-state index < -0.39 is 0 Å². The summed E-state index contributed by atoms with van der Waals surface area (Å²) in [6.45, 7) is 3.11. The summed E-state index contributed by atoms with van der Waals surface area (Å²) in [5.41, 5.74) is 2.43. The van der Waals surface area contributed by atoms with Gasteiger partial charge in [-0.2, -0.15) is 0 Å². The lowest BCUT2D eigenvalue weighted by Gasteiger charge is -2.37. The second-order valence-electron chi connectivity index (χ2n) is 5.43. The van der Waals surface area contributed by atoms with Gasteiger partial charge in [0.05, 0.1) is 0 Å². The zero-order chi connectivity index (χ0) is 13.4. The maximum absolute atomic E-state index is 5.88. The number of hydrogen-bond donors (Lipinski definition) is 1. The summed E-state index contributed by atoms with van der Waals surface area (Å²) in [4.78, 5) is 2.30. The molecule has 1 aliphatic carbocycles. The van der Waals surface area contributed by atoms with E-state index in [1.54, 1.807) is 0 Å². The molecule has 0 spiro atoms. The first-order valence-corrected chi connectivity index (χ1v) is 7.11. The van der Waals surface area contributed by atoms with Gasteiger partial charge in [-0.15, -0.1) is 0 Å². The first-order chi connectivity index (χ1) is 9.90. The molecule has 0 radical (unpaired) electrons. The second-order valence-corrected chi connectivity index (χ2v) is 5.43. The molecule has 1 aromatic carbocycles. The summed E-state index contributed by atoms with van der Waals surface area (Å²) in [6, 6.07) is 6.40. The van der Waals surface area contributed by atoms with Crippen LogP contribution in [0.2, 0.25) is 0 Å². The lowest BCUT2D eigenvalue weighted by molar-refractivity contribution is 0.141. The van der Waals surface area contributed by atoms with E-state index >= 15 is 0 Å². The van der Waals surface area contributed by atoms with Gasteiger partial charge in [0.15, 0.2) is 6.73 Å². The number of fused-ring (bicyclic) bond motifs is 2. The third-order valence-electron chi connectivity index (χ3n) is 4.10. The van der Waals surface area contributed by atoms with Crippen LogP contribution in [-0.2, 0) is 11.3 Å². The van der Waals surface area contributed by atoms with Crippen LogP contribution in [0.5, 0.6) is 5.75 Å². The van der Waals surface area contributed by atoms with Crippen LogP contribution in [0.3, 0.4) is 0 Å². The molecule has 0 saturated carbocycles. The van der Waals surface area contributed by atoms with Crippen LogP contribution < -0.4 is 15.0 Å². The molecular weight excluding hydrogens is 252 g/mol. The zero-order valence-electron chi connectivity index (χ0n) is 11.3. The van der Waals surface area contributed by atoms with Gasteiger partial charge in [0.2, 0.25) is 0 Å². The molecule has 20 heavy (non-hydrogen) atoms. The number of allylic oxidation sites excluding steroid dienone is 3. The van der Waals surface area contributed by atoms with Crippen LogP contribution in [0.25, 0.3) is 0 Å². The SMILES string of the molecule is C1=CCC2CN(c3ccc4c(c3)CNCO4)COC2=C1. The predicted octanol–water partition coefficient (Wildman–Crippen LogP) is 2.38. The second kappa shape index (κ2) is 4.87. The highest BCUT2D eigenvalue weighted by molar-refractivity contribution is 5.54. The zero-order valence-corrected chi connectivity index (χ0v) is 11.3. The lowest BCUT2D eigenvalue weighted by Crippen LogP contribution is -2.38. The van der Waals surface area contributed by atoms with Gasteiger partial charge in [-0.05, 0) is 30.7 Å². The topological polar surface area (TPSA) is 33.7 Å². The third-order valence-corrected chi connectivity index (χ3v) is 4.10. The molecule has 0 amide bonds. The van der Waals surface area contributed by atoms with Gasteiger partial charge in [-0.3, -0.25) is 5.32 Å². The first kappa shape index (κ1) is 11.9. The highest BCUT2D eigenvalue weighted by Gasteiger charge is 2.26. The van der Waals surface area contributed by atoms with Gasteiger partial charge in [0.25, 0.3) is 0 Å². The minimum atomic E-state index is 0.485. The molecule has 1 fully saturated rings. The van der Waals surface area contributed by atoms with Crippen molar-refractivity contribution in [2.75, 3.05) is 24.9 Å². The van der Waals surface area contributed by atoms with Crippen molar-refractivity contribution in [3.05, 3.63) is 47.7 Å². The van der Waals surface area contributed by atoms with E-state index in [0.717, 1.165) is 31.0 Å². The first-order valence-electron chi connectivity index (χ1n) is 7.11. The van der Waals surface area contributed by atoms with Crippen LogP contribution in [0.15, 0.2) is 42.2 Å². The monoisotopic (exact) mass is 270 g/mol. The molecule has 0 aromatic heterocycles. The van der Waals surface area contributed by atoms with Crippen molar-refractivity contribution < 1.29 is 9.47 Å². The van der Waals surface area contributed by atoms with E-state index in [1.807, 2.05) is 0 Å². The van der Waals surface area contributed by atoms with Crippen LogP contribution in [-0.4, -0.2) is 20.0 Å². The van der Waals surface area contributed by atoms with Gasteiger partial charge in [-0.25, -0.2) is 0 Å². The number of hydrogen-bond acceptors (Lipinski definition) is 4. The minimum Gasteiger partial charge on any atom is -0.478 e. The van der Waals surface area contributed by atoms with Crippen LogP contribution in [0, 0.1) is 5.92 Å². The Kier molecular flexibility index (Phi) is 2.89. The summed E-state index contributed by atoms with van der Waals surface area (Å²) >= 11 is 0. The fourth-order valence-electron chi connectivity index (χ4n) is 3.00. The maximum Gasteiger partial charge on any atom is 0.161 e. The molecule has 2 heterocycles. The summed E-state index contributed by atoms with van der Waals surface area (Å²) < 4.78 is 11.5. The fraction of sp³-hybridized carbons (Fsp3) is 0.375. The third kappa shape index (κ3) is 2.06. The highest BCUT2D eigenvalue weighted by atomic mass is 16.5. The summed E-state index contributed by atoms with van der Waals surface area (Å²) in [5, 5.41) is 3.23. The number of benzene rings is 1. The van der Waals surface area contributed by atoms with Crippen molar-refractivity contribution in [3.63, 3.8) is 0 Å². The van der Waals surface area contributed by atoms with Gasteiger partial charge in [0.1, 0.15) is 18.2 Å². The molecule has 4 rings (SSSR count). The van der Waals surface area contributed by atoms with E-state index in [2.05, 4.69) is 46.6 Å². The lowest BCUT2D eigenvalue weighted by atomic mass is 9.96. The smallest absolute Gasteiger partial charge is 0.161 e. The largest absolute Gasteiger partial charge is 0.478 e. The van der Waals surface area contributed by atoms with Gasteiger partial charge < -0.3 is 14.4 Å². The Hall–Kier alpha value is -1.94. The van der Waals surface area contributed by atoms with Crippen molar-refractivity contribution >= 4 is 5.69 Å². The Bertz CT molecular complexity index is 580. The quantitative estimate of drug-likeness (QED) is 0.849.